The van der Waals surface area contributed by atoms with Gasteiger partial charge in [0.25, 0.3) is 0 Å². The highest BCUT2D eigenvalue weighted by Gasteiger charge is 2.17. The second-order valence-electron chi connectivity index (χ2n) is 7.05. The lowest BCUT2D eigenvalue weighted by Gasteiger charge is -2.30. The molecule has 2 aromatic rings. The minimum Gasteiger partial charge on any atom is -0.487 e. The maximum atomic E-state index is 6.01. The molecule has 0 spiro atoms. The number of pyridine rings is 1. The summed E-state index contributed by atoms with van der Waals surface area (Å²) in [5, 5.41) is 3.52. The zero-order chi connectivity index (χ0) is 18.4. The Morgan fingerprint density at radius 2 is 2.08 bits per heavy atom. The van der Waals surface area contributed by atoms with Crippen molar-refractivity contribution in [2.75, 3.05) is 33.3 Å². The average Bonchev–Trinajstić information content (AvgIpc) is 2.62. The summed E-state index contributed by atoms with van der Waals surface area (Å²) in [6.07, 6.45) is 2.07. The van der Waals surface area contributed by atoms with Crippen LogP contribution in [0.5, 0.6) is 5.75 Å². The van der Waals surface area contributed by atoms with Crippen molar-refractivity contribution in [3.05, 3.63) is 58.9 Å². The monoisotopic (exact) mass is 355 g/mol. The number of morpholine rings is 1. The van der Waals surface area contributed by atoms with E-state index in [1.165, 1.54) is 5.56 Å². The van der Waals surface area contributed by atoms with Gasteiger partial charge in [0.2, 0.25) is 0 Å². The first-order chi connectivity index (χ1) is 12.6. The van der Waals surface area contributed by atoms with Crippen LogP contribution in [0, 0.1) is 13.8 Å². The highest BCUT2D eigenvalue weighted by Crippen LogP contribution is 2.25. The third-order valence-corrected chi connectivity index (χ3v) is 4.65. The summed E-state index contributed by atoms with van der Waals surface area (Å²) in [6.45, 7) is 9.25. The Bertz CT molecular complexity index is 683. The topological polar surface area (TPSA) is 46.6 Å². The number of hydrogen-bond donors (Lipinski definition) is 1. The van der Waals surface area contributed by atoms with Gasteiger partial charge < -0.3 is 19.7 Å². The fourth-order valence-electron chi connectivity index (χ4n) is 3.37. The molecule has 140 valence electrons. The van der Waals surface area contributed by atoms with Gasteiger partial charge in [-0.1, -0.05) is 18.2 Å². The zero-order valence-corrected chi connectivity index (χ0v) is 16.0. The molecule has 0 saturated carbocycles. The lowest BCUT2D eigenvalue weighted by molar-refractivity contribution is -0.0182. The molecule has 1 saturated heterocycles. The fraction of sp³-hybridized carbons (Fsp3) is 0.476. The van der Waals surface area contributed by atoms with E-state index in [1.54, 1.807) is 6.20 Å². The number of aryl methyl sites for hydroxylation is 2. The van der Waals surface area contributed by atoms with Crippen LogP contribution < -0.4 is 10.1 Å². The Kier molecular flexibility index (Phi) is 6.61. The van der Waals surface area contributed by atoms with E-state index in [-0.39, 0.29) is 6.10 Å². The zero-order valence-electron chi connectivity index (χ0n) is 16.0. The largest absolute Gasteiger partial charge is 0.487 e. The molecule has 1 fully saturated rings. The van der Waals surface area contributed by atoms with Crippen LogP contribution in [0.15, 0.2) is 36.5 Å². The summed E-state index contributed by atoms with van der Waals surface area (Å²) < 4.78 is 11.8. The summed E-state index contributed by atoms with van der Waals surface area (Å²) in [5.74, 6) is 0.955. The van der Waals surface area contributed by atoms with Crippen LogP contribution in [0.2, 0.25) is 0 Å². The predicted molar refractivity (Wildman–Crippen MR) is 103 cm³/mol. The number of hydrogen-bond acceptors (Lipinski definition) is 5. The molecule has 2 heterocycles. The molecule has 1 atom stereocenters. The fourth-order valence-corrected chi connectivity index (χ4v) is 3.37. The quantitative estimate of drug-likeness (QED) is 0.827. The first kappa shape index (κ1) is 18.8. The van der Waals surface area contributed by atoms with Crippen LogP contribution in [-0.4, -0.2) is 49.3 Å². The third-order valence-electron chi connectivity index (χ3n) is 4.65. The molecule has 1 aromatic carbocycles. The van der Waals surface area contributed by atoms with Crippen molar-refractivity contribution < 1.29 is 9.47 Å². The molecule has 0 aliphatic carbocycles. The normalized spacial score (nSPS) is 18.0. The Morgan fingerprint density at radius 1 is 1.27 bits per heavy atom. The molecule has 1 aromatic heterocycles. The van der Waals surface area contributed by atoms with E-state index in [1.807, 2.05) is 18.2 Å². The summed E-state index contributed by atoms with van der Waals surface area (Å²) in [6, 6.07) is 10.3. The number of likely N-dealkylation sites (N-methyl/N-ethyl adjacent to an activating group) is 1. The van der Waals surface area contributed by atoms with Crippen LogP contribution in [0.4, 0.5) is 0 Å². The van der Waals surface area contributed by atoms with Gasteiger partial charge in [-0.15, -0.1) is 0 Å². The smallest absolute Gasteiger partial charge is 0.130 e. The summed E-state index contributed by atoms with van der Waals surface area (Å²) in [5.41, 5.74) is 4.53. The van der Waals surface area contributed by atoms with Crippen molar-refractivity contribution in [2.45, 2.75) is 33.1 Å². The first-order valence-electron chi connectivity index (χ1n) is 9.25. The van der Waals surface area contributed by atoms with Crippen LogP contribution >= 0.6 is 0 Å². The Balaban J connectivity index is 1.53. The molecule has 0 radical (unpaired) electrons. The highest BCUT2D eigenvalue weighted by atomic mass is 16.5. The van der Waals surface area contributed by atoms with E-state index >= 15 is 0 Å². The van der Waals surface area contributed by atoms with E-state index in [0.717, 1.165) is 55.4 Å². The van der Waals surface area contributed by atoms with E-state index < -0.39 is 0 Å². The van der Waals surface area contributed by atoms with Crippen LogP contribution in [0.1, 0.15) is 22.4 Å². The van der Waals surface area contributed by atoms with Crippen LogP contribution in [0.25, 0.3) is 0 Å². The van der Waals surface area contributed by atoms with E-state index in [9.17, 15) is 0 Å². The second kappa shape index (κ2) is 9.12. The van der Waals surface area contributed by atoms with Gasteiger partial charge in [0, 0.05) is 32.4 Å². The molecule has 5 nitrogen and oxygen atoms in total. The van der Waals surface area contributed by atoms with Crippen molar-refractivity contribution in [1.82, 2.24) is 15.2 Å². The number of rotatable bonds is 7. The standard InChI is InChI=1S/C21H29N3O2/c1-16-10-18(12-22-13-20-14-24(3)8-9-25-20)11-17(2)21(16)26-15-19-6-4-5-7-23-19/h4-7,10-11,20,22H,8-9,12-15H2,1-3H3. The summed E-state index contributed by atoms with van der Waals surface area (Å²) in [4.78, 5) is 6.63. The first-order valence-corrected chi connectivity index (χ1v) is 9.25. The SMILES string of the molecule is Cc1cc(CNCC2CN(C)CCO2)cc(C)c1OCc1ccccn1. The van der Waals surface area contributed by atoms with Crippen molar-refractivity contribution in [1.29, 1.82) is 0 Å². The second-order valence-corrected chi connectivity index (χ2v) is 7.05. The minimum atomic E-state index is 0.275. The van der Waals surface area contributed by atoms with Gasteiger partial charge in [0.1, 0.15) is 12.4 Å². The molecule has 5 heteroatoms. The molecule has 1 N–H and O–H groups in total. The van der Waals surface area contributed by atoms with Gasteiger partial charge in [0.05, 0.1) is 18.4 Å². The van der Waals surface area contributed by atoms with Gasteiger partial charge in [0.15, 0.2) is 0 Å². The molecule has 1 unspecified atom stereocenters. The number of nitrogens with one attached hydrogen (secondary N) is 1. The third kappa shape index (κ3) is 5.27. The summed E-state index contributed by atoms with van der Waals surface area (Å²) >= 11 is 0. The lowest BCUT2D eigenvalue weighted by atomic mass is 10.1. The number of benzene rings is 1. The molecule has 26 heavy (non-hydrogen) atoms. The average molecular weight is 355 g/mol. The van der Waals surface area contributed by atoms with E-state index in [4.69, 9.17) is 9.47 Å². The van der Waals surface area contributed by atoms with E-state index in [0.29, 0.717) is 6.61 Å². The Morgan fingerprint density at radius 3 is 2.77 bits per heavy atom. The molecule has 0 amide bonds. The van der Waals surface area contributed by atoms with Crippen LogP contribution in [0.3, 0.4) is 0 Å². The van der Waals surface area contributed by atoms with Crippen molar-refractivity contribution in [2.24, 2.45) is 0 Å². The van der Waals surface area contributed by atoms with Crippen molar-refractivity contribution in [3.8, 4) is 5.75 Å². The predicted octanol–water partition coefficient (Wildman–Crippen LogP) is 2.70. The Labute approximate surface area is 156 Å². The van der Waals surface area contributed by atoms with Gasteiger partial charge in [-0.05, 0) is 49.7 Å². The van der Waals surface area contributed by atoms with Crippen LogP contribution in [-0.2, 0) is 17.9 Å². The molecule has 0 bridgehead atoms. The highest BCUT2D eigenvalue weighted by molar-refractivity contribution is 5.43. The molecular weight excluding hydrogens is 326 g/mol. The van der Waals surface area contributed by atoms with Crippen molar-refractivity contribution >= 4 is 0 Å². The minimum absolute atomic E-state index is 0.275. The molecule has 1 aliphatic rings. The molecule has 3 rings (SSSR count). The van der Waals surface area contributed by atoms with Gasteiger partial charge in [-0.2, -0.15) is 0 Å². The Hall–Kier alpha value is -1.95. The van der Waals surface area contributed by atoms with Gasteiger partial charge in [-0.25, -0.2) is 0 Å². The lowest BCUT2D eigenvalue weighted by Crippen LogP contribution is -2.44. The summed E-state index contributed by atoms with van der Waals surface area (Å²) in [7, 11) is 2.14. The van der Waals surface area contributed by atoms with Crippen molar-refractivity contribution in [3.63, 3.8) is 0 Å². The molecule has 1 aliphatic heterocycles. The number of nitrogens with zero attached hydrogens (tertiary/aromatic N) is 2. The van der Waals surface area contributed by atoms with Gasteiger partial charge in [-0.3, -0.25) is 4.98 Å². The van der Waals surface area contributed by atoms with E-state index in [2.05, 4.69) is 48.2 Å². The maximum absolute atomic E-state index is 6.01. The number of aromatic nitrogens is 1. The van der Waals surface area contributed by atoms with Gasteiger partial charge >= 0.3 is 0 Å². The molecular formula is C21H29N3O2. The number of ether oxygens (including phenoxy) is 2. The maximum Gasteiger partial charge on any atom is 0.130 e.